The van der Waals surface area contributed by atoms with Crippen LogP contribution in [-0.2, 0) is 6.61 Å². The maximum absolute atomic E-state index is 6.18. The fraction of sp³-hybridized carbons (Fsp3) is 0.227. The van der Waals surface area contributed by atoms with Crippen LogP contribution in [0, 0.1) is 0 Å². The largest absolute Gasteiger partial charge is 0.487 e. The molecule has 0 N–H and O–H groups in total. The van der Waals surface area contributed by atoms with Crippen LogP contribution < -0.4 is 14.5 Å². The highest BCUT2D eigenvalue weighted by atomic mass is 79.9. The first-order chi connectivity index (χ1) is 13.3. The van der Waals surface area contributed by atoms with E-state index in [9.17, 15) is 0 Å². The van der Waals surface area contributed by atoms with Crippen molar-refractivity contribution in [3.05, 3.63) is 83.1 Å². The zero-order valence-corrected chi connectivity index (χ0v) is 16.7. The molecule has 1 fully saturated rings. The number of rotatable bonds is 5. The maximum atomic E-state index is 6.18. The van der Waals surface area contributed by atoms with Gasteiger partial charge in [-0.15, -0.1) is 0 Å². The lowest BCUT2D eigenvalue weighted by Gasteiger charge is -2.37. The monoisotopic (exact) mass is 423 g/mol. The molecule has 2 heterocycles. The predicted octanol–water partition coefficient (Wildman–Crippen LogP) is 4.75. The van der Waals surface area contributed by atoms with Crippen LogP contribution in [0.1, 0.15) is 5.56 Å². The summed E-state index contributed by atoms with van der Waals surface area (Å²) in [5.74, 6) is 0.922. The minimum Gasteiger partial charge on any atom is -0.487 e. The summed E-state index contributed by atoms with van der Waals surface area (Å²) in [5.41, 5.74) is 3.57. The van der Waals surface area contributed by atoms with Gasteiger partial charge in [-0.05, 0) is 35.9 Å². The molecule has 0 spiro atoms. The normalized spacial score (nSPS) is 14.3. The Labute approximate surface area is 168 Å². The molecule has 0 aliphatic carbocycles. The Morgan fingerprint density at radius 2 is 1.56 bits per heavy atom. The molecule has 5 heteroatoms. The van der Waals surface area contributed by atoms with Crippen LogP contribution in [0.3, 0.4) is 0 Å². The standard InChI is InChI=1S/C22H22BrN3O/c23-19-6-7-21(22(16-19)27-17-18-4-2-1-3-5-18)26-14-12-25(13-15-26)20-8-10-24-11-9-20/h1-11,16H,12-15,17H2. The third-order valence-electron chi connectivity index (χ3n) is 4.81. The maximum Gasteiger partial charge on any atom is 0.144 e. The Bertz CT molecular complexity index is 865. The predicted molar refractivity (Wildman–Crippen MR) is 114 cm³/mol. The topological polar surface area (TPSA) is 28.6 Å². The summed E-state index contributed by atoms with van der Waals surface area (Å²) in [6.07, 6.45) is 3.71. The van der Waals surface area contributed by atoms with E-state index >= 15 is 0 Å². The van der Waals surface area contributed by atoms with Crippen molar-refractivity contribution in [3.63, 3.8) is 0 Å². The van der Waals surface area contributed by atoms with Crippen molar-refractivity contribution in [2.75, 3.05) is 36.0 Å². The van der Waals surface area contributed by atoms with Gasteiger partial charge in [0.2, 0.25) is 0 Å². The molecule has 1 aliphatic rings. The van der Waals surface area contributed by atoms with E-state index in [1.54, 1.807) is 0 Å². The fourth-order valence-electron chi connectivity index (χ4n) is 3.36. The van der Waals surface area contributed by atoms with Crippen LogP contribution in [0.25, 0.3) is 0 Å². The Balaban J connectivity index is 1.46. The number of hydrogen-bond donors (Lipinski definition) is 0. The van der Waals surface area contributed by atoms with E-state index in [2.05, 4.69) is 73.2 Å². The number of benzene rings is 2. The van der Waals surface area contributed by atoms with Crippen molar-refractivity contribution in [3.8, 4) is 5.75 Å². The fourth-order valence-corrected chi connectivity index (χ4v) is 3.70. The molecule has 0 saturated carbocycles. The van der Waals surface area contributed by atoms with Gasteiger partial charge in [-0.25, -0.2) is 0 Å². The molecule has 27 heavy (non-hydrogen) atoms. The van der Waals surface area contributed by atoms with Gasteiger partial charge in [0.25, 0.3) is 0 Å². The van der Waals surface area contributed by atoms with Gasteiger partial charge in [0.05, 0.1) is 5.69 Å². The quantitative estimate of drug-likeness (QED) is 0.591. The third-order valence-corrected chi connectivity index (χ3v) is 5.30. The molecular weight excluding hydrogens is 402 g/mol. The number of halogens is 1. The highest BCUT2D eigenvalue weighted by Crippen LogP contribution is 2.33. The number of piperazine rings is 1. The second-order valence-corrected chi connectivity index (χ2v) is 7.48. The van der Waals surface area contributed by atoms with Crippen molar-refractivity contribution < 1.29 is 4.74 Å². The Morgan fingerprint density at radius 3 is 2.30 bits per heavy atom. The summed E-state index contributed by atoms with van der Waals surface area (Å²) < 4.78 is 7.21. The number of nitrogens with zero attached hydrogens (tertiary/aromatic N) is 3. The van der Waals surface area contributed by atoms with Crippen molar-refractivity contribution in [1.82, 2.24) is 4.98 Å². The number of hydrogen-bond acceptors (Lipinski definition) is 4. The van der Waals surface area contributed by atoms with E-state index in [4.69, 9.17) is 4.74 Å². The first-order valence-corrected chi connectivity index (χ1v) is 9.95. The average Bonchev–Trinajstić information content (AvgIpc) is 2.74. The van der Waals surface area contributed by atoms with Crippen molar-refractivity contribution >= 4 is 27.3 Å². The first kappa shape index (κ1) is 17.9. The summed E-state index contributed by atoms with van der Waals surface area (Å²) in [5, 5.41) is 0. The lowest BCUT2D eigenvalue weighted by molar-refractivity contribution is 0.306. The van der Waals surface area contributed by atoms with Crippen LogP contribution in [-0.4, -0.2) is 31.2 Å². The van der Waals surface area contributed by atoms with E-state index in [1.807, 2.05) is 30.6 Å². The van der Waals surface area contributed by atoms with E-state index in [1.165, 1.54) is 11.3 Å². The smallest absolute Gasteiger partial charge is 0.144 e. The summed E-state index contributed by atoms with van der Waals surface area (Å²) >= 11 is 3.57. The van der Waals surface area contributed by atoms with Crippen LogP contribution >= 0.6 is 15.9 Å². The minimum atomic E-state index is 0.571. The number of ether oxygens (including phenoxy) is 1. The van der Waals surface area contributed by atoms with Crippen LogP contribution in [0.2, 0.25) is 0 Å². The van der Waals surface area contributed by atoms with Crippen LogP contribution in [0.4, 0.5) is 11.4 Å². The molecule has 1 saturated heterocycles. The third kappa shape index (κ3) is 4.42. The highest BCUT2D eigenvalue weighted by Gasteiger charge is 2.20. The van der Waals surface area contributed by atoms with Gasteiger partial charge in [-0.3, -0.25) is 4.98 Å². The van der Waals surface area contributed by atoms with Gasteiger partial charge < -0.3 is 14.5 Å². The SMILES string of the molecule is Brc1ccc(N2CCN(c3ccncc3)CC2)c(OCc2ccccc2)c1. The number of anilines is 2. The van der Waals surface area contributed by atoms with Crippen molar-refractivity contribution in [2.24, 2.45) is 0 Å². The second kappa shape index (κ2) is 8.44. The lowest BCUT2D eigenvalue weighted by atomic mass is 10.2. The Morgan fingerprint density at radius 1 is 0.852 bits per heavy atom. The minimum absolute atomic E-state index is 0.571. The molecule has 1 aliphatic heterocycles. The van der Waals surface area contributed by atoms with Crippen LogP contribution in [0.15, 0.2) is 77.5 Å². The van der Waals surface area contributed by atoms with Gasteiger partial charge in [0.1, 0.15) is 12.4 Å². The van der Waals surface area contributed by atoms with Crippen molar-refractivity contribution in [1.29, 1.82) is 0 Å². The van der Waals surface area contributed by atoms with Gasteiger partial charge >= 0.3 is 0 Å². The van der Waals surface area contributed by atoms with E-state index < -0.39 is 0 Å². The lowest BCUT2D eigenvalue weighted by Crippen LogP contribution is -2.46. The van der Waals surface area contributed by atoms with Crippen molar-refractivity contribution in [2.45, 2.75) is 6.61 Å². The summed E-state index contributed by atoms with van der Waals surface area (Å²) in [7, 11) is 0. The molecule has 0 radical (unpaired) electrons. The van der Waals surface area contributed by atoms with Gasteiger partial charge in [-0.2, -0.15) is 0 Å². The molecule has 2 aromatic carbocycles. The second-order valence-electron chi connectivity index (χ2n) is 6.57. The zero-order chi connectivity index (χ0) is 18.5. The summed E-state index contributed by atoms with van der Waals surface area (Å²) in [4.78, 5) is 8.92. The molecule has 0 bridgehead atoms. The summed E-state index contributed by atoms with van der Waals surface area (Å²) in [6, 6.07) is 20.7. The highest BCUT2D eigenvalue weighted by molar-refractivity contribution is 9.10. The zero-order valence-electron chi connectivity index (χ0n) is 15.1. The molecular formula is C22H22BrN3O. The van der Waals surface area contributed by atoms with Gasteiger partial charge in [0, 0.05) is 48.7 Å². The molecule has 3 aromatic rings. The number of aromatic nitrogens is 1. The molecule has 4 nitrogen and oxygen atoms in total. The number of pyridine rings is 1. The van der Waals surface area contributed by atoms with Crippen LogP contribution in [0.5, 0.6) is 5.75 Å². The Hall–Kier alpha value is -2.53. The first-order valence-electron chi connectivity index (χ1n) is 9.16. The average molecular weight is 424 g/mol. The van der Waals surface area contributed by atoms with Gasteiger partial charge in [0.15, 0.2) is 0 Å². The van der Waals surface area contributed by atoms with E-state index in [0.29, 0.717) is 6.61 Å². The molecule has 138 valence electrons. The van der Waals surface area contributed by atoms with Gasteiger partial charge in [-0.1, -0.05) is 46.3 Å². The molecule has 1 aromatic heterocycles. The molecule has 4 rings (SSSR count). The van der Waals surface area contributed by atoms with E-state index in [0.717, 1.165) is 42.1 Å². The molecule has 0 amide bonds. The molecule has 0 unspecified atom stereocenters. The Kier molecular flexibility index (Phi) is 5.58. The summed E-state index contributed by atoms with van der Waals surface area (Å²) in [6.45, 7) is 4.47. The van der Waals surface area contributed by atoms with E-state index in [-0.39, 0.29) is 0 Å². The molecule has 0 atom stereocenters.